The van der Waals surface area contributed by atoms with Gasteiger partial charge in [-0.25, -0.2) is 42.5 Å². The number of nitrogens with zero attached hydrogens (tertiary/aromatic N) is 6. The molecular formula is C57H68F2N10O7S2. The SMILES string of the molecule is Cc1ncsc1-c1ccc([C@]2(C)N=C([C@@H]3CCCN3C(=O)C(NC(=O)CCCCCCCCCCNC(=O)c3cc4c(cc3CS(C)(=O)=O)-c3cn(C)c(=O)c5[nH]cc(c35)CN4c3ncc(F)cc3F)C(C)(C)C)NO2)cc1. The number of aryl methyl sites for hydroxylation is 2. The summed E-state index contributed by atoms with van der Waals surface area (Å²) >= 11 is 1.60. The average Bonchev–Trinajstić information content (AvgIpc) is 4.22. The van der Waals surface area contributed by atoms with Crippen molar-refractivity contribution in [3.05, 3.63) is 117 Å². The van der Waals surface area contributed by atoms with Gasteiger partial charge in [0.05, 0.1) is 46.3 Å². The number of carbonyl (C=O) groups excluding carboxylic acids is 3. The maximum Gasteiger partial charge on any atom is 0.274 e. The van der Waals surface area contributed by atoms with E-state index in [4.69, 9.17) is 9.83 Å². The predicted octanol–water partition coefficient (Wildman–Crippen LogP) is 9.40. The molecule has 0 aliphatic carbocycles. The molecule has 3 atom stereocenters. The van der Waals surface area contributed by atoms with Gasteiger partial charge in [-0.05, 0) is 73.8 Å². The molecule has 0 radical (unpaired) electrons. The second kappa shape index (κ2) is 22.9. The van der Waals surface area contributed by atoms with Gasteiger partial charge >= 0.3 is 0 Å². The molecular weight excluding hydrogens is 1040 g/mol. The smallest absolute Gasteiger partial charge is 0.274 e. The Labute approximate surface area is 457 Å². The third-order valence-corrected chi connectivity index (χ3v) is 16.7. The van der Waals surface area contributed by atoms with E-state index in [2.05, 4.69) is 31.1 Å². The van der Waals surface area contributed by atoms with Crippen molar-refractivity contribution in [2.75, 3.05) is 24.2 Å². The number of thiazole rings is 1. The third kappa shape index (κ3) is 12.1. The number of aliphatic imine (C=N–C) groups is 1. The normalized spacial score (nSPS) is 17.7. The summed E-state index contributed by atoms with van der Waals surface area (Å²) in [5.74, 6) is -2.67. The number of carbonyl (C=O) groups is 3. The lowest BCUT2D eigenvalue weighted by atomic mass is 9.85. The molecule has 1 unspecified atom stereocenters. The van der Waals surface area contributed by atoms with Crippen LogP contribution in [0.5, 0.6) is 0 Å². The van der Waals surface area contributed by atoms with Gasteiger partial charge in [0.25, 0.3) is 11.5 Å². The van der Waals surface area contributed by atoms with E-state index in [0.29, 0.717) is 71.5 Å². The predicted molar refractivity (Wildman–Crippen MR) is 299 cm³/mol. The molecule has 0 bridgehead atoms. The van der Waals surface area contributed by atoms with E-state index in [1.54, 1.807) is 36.8 Å². The van der Waals surface area contributed by atoms with Crippen LogP contribution in [0.1, 0.15) is 131 Å². The van der Waals surface area contributed by atoms with Crippen molar-refractivity contribution in [2.24, 2.45) is 17.5 Å². The summed E-state index contributed by atoms with van der Waals surface area (Å²) in [5, 5.41) is 6.61. The summed E-state index contributed by atoms with van der Waals surface area (Å²) in [6, 6.07) is 10.9. The third-order valence-electron chi connectivity index (χ3n) is 14.9. The zero-order valence-electron chi connectivity index (χ0n) is 45.2. The molecule has 6 aromatic rings. The number of pyridine rings is 2. The highest BCUT2D eigenvalue weighted by molar-refractivity contribution is 7.89. The number of amidine groups is 1. The molecule has 3 amide bonds. The first-order chi connectivity index (χ1) is 37.1. The standard InChI is InChI=1S/C57H68F2N10O7S2/c1-34-49(77-33-63-34)35-19-21-38(22-20-35)57(5)65-51(66-76-57)44-17-16-24-68(44)55(73)50(56(2,3)4)64-46(70)18-14-12-10-8-9-11-13-15-23-60-53(71)40-27-45-41(25-36(40)32-78(7,74)75)42-31-67(6)54(72)48-47(42)37(28-61-48)30-69(45)52-43(59)26-39(58)29-62-52/h19-22,25-29,31,33,44,50,61H,8-18,23-24,30,32H2,1-7H3,(H,60,71)(H,64,70)(H,65,66)/t44-,50?,57+/m0/s1. The highest BCUT2D eigenvalue weighted by atomic mass is 32.2. The number of hydrogen-bond acceptors (Lipinski definition) is 13. The summed E-state index contributed by atoms with van der Waals surface area (Å²) in [4.78, 5) is 81.9. The van der Waals surface area contributed by atoms with Crippen LogP contribution < -0.4 is 26.6 Å². The van der Waals surface area contributed by atoms with Gasteiger partial charge in [-0.3, -0.25) is 19.2 Å². The number of H-pyrrole nitrogens is 1. The van der Waals surface area contributed by atoms with E-state index in [9.17, 15) is 32.0 Å². The fourth-order valence-electron chi connectivity index (χ4n) is 10.8. The van der Waals surface area contributed by atoms with Crippen LogP contribution in [0, 0.1) is 24.0 Å². The Balaban J connectivity index is 0.743. The number of nitrogens with one attached hydrogen (secondary N) is 4. The fraction of sp³-hybridized carbons (Fsp3) is 0.456. The van der Waals surface area contributed by atoms with Gasteiger partial charge in [-0.1, -0.05) is 83.6 Å². The lowest BCUT2D eigenvalue weighted by Crippen LogP contribution is -2.57. The number of rotatable bonds is 20. The van der Waals surface area contributed by atoms with Crippen LogP contribution >= 0.6 is 11.3 Å². The van der Waals surface area contributed by atoms with Crippen molar-refractivity contribution in [2.45, 2.75) is 135 Å². The number of aromatic nitrogens is 4. The minimum atomic E-state index is -3.66. The molecule has 0 saturated carbocycles. The van der Waals surface area contributed by atoms with E-state index in [-0.39, 0.29) is 46.9 Å². The van der Waals surface area contributed by atoms with E-state index in [1.807, 2.05) is 69.3 Å². The molecule has 7 heterocycles. The summed E-state index contributed by atoms with van der Waals surface area (Å²) in [6.07, 6.45) is 14.0. The molecule has 21 heteroatoms. The summed E-state index contributed by atoms with van der Waals surface area (Å²) in [7, 11) is -2.07. The number of halogens is 2. The number of hydrogen-bond donors (Lipinski definition) is 4. The molecule has 414 valence electrons. The number of fused-ring (bicyclic) bond motifs is 2. The molecule has 17 nitrogen and oxygen atoms in total. The molecule has 9 rings (SSSR count). The van der Waals surface area contributed by atoms with E-state index in [0.717, 1.165) is 91.6 Å². The van der Waals surface area contributed by atoms with Crippen LogP contribution in [0.25, 0.3) is 32.5 Å². The van der Waals surface area contributed by atoms with Crippen molar-refractivity contribution in [1.29, 1.82) is 0 Å². The number of anilines is 2. The van der Waals surface area contributed by atoms with Gasteiger partial charge in [0.2, 0.25) is 17.5 Å². The first-order valence-corrected chi connectivity index (χ1v) is 29.6. The Hall–Kier alpha value is -6.84. The minimum absolute atomic E-state index is 0.00430. The van der Waals surface area contributed by atoms with Crippen molar-refractivity contribution in [1.82, 2.24) is 40.5 Å². The number of aromatic amines is 1. The van der Waals surface area contributed by atoms with E-state index < -0.39 is 50.3 Å². The Bertz CT molecular complexity index is 3460. The van der Waals surface area contributed by atoms with Crippen LogP contribution in [0.4, 0.5) is 20.3 Å². The minimum Gasteiger partial charge on any atom is -0.356 e. The summed E-state index contributed by atoms with van der Waals surface area (Å²) < 4.78 is 56.7. The van der Waals surface area contributed by atoms with Crippen LogP contribution in [0.3, 0.4) is 0 Å². The van der Waals surface area contributed by atoms with Gasteiger partial charge in [0, 0.05) is 78.9 Å². The average molecular weight is 1110 g/mol. The van der Waals surface area contributed by atoms with Crippen molar-refractivity contribution < 1.29 is 36.4 Å². The number of sulfone groups is 1. The van der Waals surface area contributed by atoms with E-state index in [1.165, 1.54) is 15.5 Å². The quantitative estimate of drug-likeness (QED) is 0.0529. The highest BCUT2D eigenvalue weighted by Gasteiger charge is 2.44. The Morgan fingerprint density at radius 1 is 0.987 bits per heavy atom. The van der Waals surface area contributed by atoms with Crippen LogP contribution in [0.15, 0.2) is 76.4 Å². The number of unbranched alkanes of at least 4 members (excludes halogenated alkanes) is 7. The second-order valence-electron chi connectivity index (χ2n) is 22.1. The zero-order valence-corrected chi connectivity index (χ0v) is 46.9. The molecule has 1 fully saturated rings. The van der Waals surface area contributed by atoms with Crippen molar-refractivity contribution >= 4 is 67.1 Å². The van der Waals surface area contributed by atoms with Gasteiger partial charge in [-0.2, -0.15) is 0 Å². The summed E-state index contributed by atoms with van der Waals surface area (Å²) in [5.41, 5.74) is 8.60. The highest BCUT2D eigenvalue weighted by Crippen LogP contribution is 2.45. The van der Waals surface area contributed by atoms with Gasteiger partial charge in [0.15, 0.2) is 21.5 Å². The van der Waals surface area contributed by atoms with Crippen LogP contribution in [-0.4, -0.2) is 87.8 Å². The lowest BCUT2D eigenvalue weighted by molar-refractivity contribution is -0.139. The monoisotopic (exact) mass is 1110 g/mol. The van der Waals surface area contributed by atoms with Crippen molar-refractivity contribution in [3.63, 3.8) is 0 Å². The van der Waals surface area contributed by atoms with Gasteiger partial charge in [-0.15, -0.1) is 11.3 Å². The molecule has 78 heavy (non-hydrogen) atoms. The fourth-order valence-corrected chi connectivity index (χ4v) is 12.4. The van der Waals surface area contributed by atoms with E-state index >= 15 is 4.39 Å². The Morgan fingerprint density at radius 3 is 2.38 bits per heavy atom. The Kier molecular flexibility index (Phi) is 16.4. The first-order valence-electron chi connectivity index (χ1n) is 26.7. The van der Waals surface area contributed by atoms with Crippen LogP contribution in [0.2, 0.25) is 0 Å². The topological polar surface area (TPSA) is 213 Å². The zero-order chi connectivity index (χ0) is 55.7. The number of amides is 3. The first kappa shape index (κ1) is 55.9. The molecule has 1 saturated heterocycles. The number of hydroxylamine groups is 1. The molecule has 0 spiro atoms. The lowest BCUT2D eigenvalue weighted by Gasteiger charge is -2.35. The molecule has 3 aliphatic rings. The van der Waals surface area contributed by atoms with Gasteiger partial charge < -0.3 is 30.0 Å². The van der Waals surface area contributed by atoms with Crippen molar-refractivity contribution in [3.8, 4) is 21.6 Å². The largest absolute Gasteiger partial charge is 0.356 e. The maximum absolute atomic E-state index is 15.6. The Morgan fingerprint density at radius 2 is 1.71 bits per heavy atom. The molecule has 4 N–H and O–H groups in total. The van der Waals surface area contributed by atoms with Crippen LogP contribution in [-0.2, 0) is 49.3 Å². The number of benzene rings is 2. The second-order valence-corrected chi connectivity index (χ2v) is 25.1. The maximum atomic E-state index is 15.6. The number of likely N-dealkylation sites (tertiary alicyclic amines) is 1. The summed E-state index contributed by atoms with van der Waals surface area (Å²) in [6.45, 7) is 10.7. The molecule has 2 aromatic carbocycles. The van der Waals surface area contributed by atoms with Gasteiger partial charge in [0.1, 0.15) is 23.2 Å². The molecule has 3 aliphatic heterocycles. The molecule has 4 aromatic heterocycles.